The topological polar surface area (TPSA) is 100.0 Å². The Morgan fingerprint density at radius 3 is 2.62 bits per heavy atom. The van der Waals surface area contributed by atoms with Crippen molar-refractivity contribution in [3.8, 4) is 5.75 Å². The average Bonchev–Trinajstić information content (AvgIpc) is 3.40. The summed E-state index contributed by atoms with van der Waals surface area (Å²) < 4.78 is 46.5. The summed E-state index contributed by atoms with van der Waals surface area (Å²) >= 11 is 0. The van der Waals surface area contributed by atoms with E-state index >= 15 is 4.39 Å². The van der Waals surface area contributed by atoms with E-state index in [1.807, 2.05) is 6.07 Å². The van der Waals surface area contributed by atoms with Crippen LogP contribution >= 0.6 is 0 Å². The van der Waals surface area contributed by atoms with E-state index in [0.717, 1.165) is 12.3 Å². The first-order chi connectivity index (χ1) is 18.8. The van der Waals surface area contributed by atoms with Gasteiger partial charge in [0, 0.05) is 18.0 Å². The molecule has 3 heterocycles. The molecular formula is C28H27F2N3O6. The minimum Gasteiger partial charge on any atom is -0.451 e. The largest absolute Gasteiger partial charge is 0.511 e. The number of nitrogens with zero attached hydrogens (tertiary/aromatic N) is 3. The molecular weight excluding hydrogens is 512 g/mol. The van der Waals surface area contributed by atoms with Gasteiger partial charge >= 0.3 is 6.16 Å². The van der Waals surface area contributed by atoms with Crippen molar-refractivity contribution in [1.82, 2.24) is 14.7 Å². The van der Waals surface area contributed by atoms with E-state index in [9.17, 15) is 18.8 Å². The van der Waals surface area contributed by atoms with Crippen molar-refractivity contribution >= 4 is 12.1 Å². The second kappa shape index (κ2) is 10.8. The van der Waals surface area contributed by atoms with Gasteiger partial charge in [-0.3, -0.25) is 14.3 Å². The Labute approximate surface area is 222 Å². The van der Waals surface area contributed by atoms with Crippen LogP contribution in [0.25, 0.3) is 0 Å². The van der Waals surface area contributed by atoms with Crippen molar-refractivity contribution < 1.29 is 32.6 Å². The number of benzene rings is 2. The van der Waals surface area contributed by atoms with Crippen LogP contribution < -0.4 is 10.2 Å². The summed E-state index contributed by atoms with van der Waals surface area (Å²) in [5.41, 5.74) is -0.0628. The van der Waals surface area contributed by atoms with Gasteiger partial charge in [-0.05, 0) is 38.3 Å². The molecule has 0 bridgehead atoms. The molecule has 3 aromatic rings. The van der Waals surface area contributed by atoms with Crippen LogP contribution in [0.15, 0.2) is 59.5 Å². The Morgan fingerprint density at radius 1 is 1.10 bits per heavy atom. The smallest absolute Gasteiger partial charge is 0.451 e. The molecule has 39 heavy (non-hydrogen) atoms. The van der Waals surface area contributed by atoms with Crippen molar-refractivity contribution in [3.05, 3.63) is 93.4 Å². The molecule has 1 amide bonds. The van der Waals surface area contributed by atoms with Gasteiger partial charge in [0.05, 0.1) is 24.4 Å². The predicted molar refractivity (Wildman–Crippen MR) is 134 cm³/mol. The Bertz CT molecular complexity index is 1440. The summed E-state index contributed by atoms with van der Waals surface area (Å²) in [7, 11) is 0. The van der Waals surface area contributed by atoms with Gasteiger partial charge in [0.25, 0.3) is 5.91 Å². The van der Waals surface area contributed by atoms with E-state index < -0.39 is 60.0 Å². The summed E-state index contributed by atoms with van der Waals surface area (Å²) in [6.07, 6.45) is 0.857. The molecule has 0 unspecified atom stereocenters. The summed E-state index contributed by atoms with van der Waals surface area (Å²) in [4.78, 5) is 39.9. The molecule has 0 saturated carbocycles. The molecule has 2 aliphatic rings. The summed E-state index contributed by atoms with van der Waals surface area (Å²) in [6, 6.07) is 11.9. The van der Waals surface area contributed by atoms with Crippen LogP contribution in [-0.4, -0.2) is 52.2 Å². The van der Waals surface area contributed by atoms with Crippen LogP contribution in [-0.2, 0) is 9.47 Å². The minimum atomic E-state index is -0.998. The molecule has 2 aliphatic heterocycles. The Morgan fingerprint density at radius 2 is 1.87 bits per heavy atom. The lowest BCUT2D eigenvalue weighted by atomic mass is 9.79. The number of rotatable bonds is 7. The molecule has 1 aromatic heterocycles. The number of ether oxygens (including phenoxy) is 3. The molecule has 3 atom stereocenters. The number of halogens is 2. The van der Waals surface area contributed by atoms with Crippen LogP contribution in [0, 0.1) is 11.6 Å². The van der Waals surface area contributed by atoms with Gasteiger partial charge in [-0.1, -0.05) is 42.5 Å². The van der Waals surface area contributed by atoms with E-state index in [-0.39, 0.29) is 17.0 Å². The first kappa shape index (κ1) is 26.3. The van der Waals surface area contributed by atoms with Gasteiger partial charge in [-0.25, -0.2) is 13.6 Å². The zero-order valence-electron chi connectivity index (χ0n) is 21.4. The van der Waals surface area contributed by atoms with E-state index in [2.05, 4.69) is 5.10 Å². The van der Waals surface area contributed by atoms with Crippen molar-refractivity contribution in [2.24, 2.45) is 0 Å². The number of carbonyl (C=O) groups is 2. The molecule has 11 heteroatoms. The molecule has 5 rings (SSSR count). The normalized spacial score (nSPS) is 18.9. The third-order valence-corrected chi connectivity index (χ3v) is 6.94. The van der Waals surface area contributed by atoms with E-state index in [1.165, 1.54) is 16.8 Å². The van der Waals surface area contributed by atoms with Gasteiger partial charge in [-0.2, -0.15) is 5.10 Å². The second-order valence-electron chi connectivity index (χ2n) is 9.68. The van der Waals surface area contributed by atoms with Crippen LogP contribution in [0.5, 0.6) is 5.75 Å². The predicted octanol–water partition coefficient (Wildman–Crippen LogP) is 4.41. The highest BCUT2D eigenvalue weighted by Crippen LogP contribution is 2.46. The maximum atomic E-state index is 15.3. The van der Waals surface area contributed by atoms with Gasteiger partial charge < -0.3 is 19.1 Å². The Balaban J connectivity index is 1.64. The molecule has 0 spiro atoms. The van der Waals surface area contributed by atoms with Gasteiger partial charge in [0.1, 0.15) is 0 Å². The van der Waals surface area contributed by atoms with Crippen LogP contribution in [0.2, 0.25) is 0 Å². The second-order valence-corrected chi connectivity index (χ2v) is 9.68. The number of aromatic nitrogens is 2. The fourth-order valence-corrected chi connectivity index (χ4v) is 5.42. The number of carbonyl (C=O) groups excluding carboxylic acids is 2. The lowest BCUT2D eigenvalue weighted by molar-refractivity contribution is -0.00949. The minimum absolute atomic E-state index is 0.0982. The third-order valence-electron chi connectivity index (χ3n) is 6.94. The maximum absolute atomic E-state index is 15.3. The van der Waals surface area contributed by atoms with Crippen molar-refractivity contribution in [3.63, 3.8) is 0 Å². The Kier molecular flexibility index (Phi) is 7.32. The molecule has 204 valence electrons. The van der Waals surface area contributed by atoms with Crippen molar-refractivity contribution in [2.75, 3.05) is 13.3 Å². The number of amides is 1. The SMILES string of the molecule is CC(C)OC(=O)OCOc1c2n(ncc1=O)[C@@H]([C@H](c1ccccc1)c1cccc(F)c1F)[C@H]1CCCN1C2=O. The van der Waals surface area contributed by atoms with Crippen LogP contribution in [0.1, 0.15) is 60.3 Å². The molecule has 1 saturated heterocycles. The first-order valence-electron chi connectivity index (χ1n) is 12.7. The van der Waals surface area contributed by atoms with E-state index in [1.54, 1.807) is 43.0 Å². The molecule has 0 N–H and O–H groups in total. The number of hydrogen-bond donors (Lipinski definition) is 0. The average molecular weight is 540 g/mol. The molecule has 9 nitrogen and oxygen atoms in total. The first-order valence-corrected chi connectivity index (χ1v) is 12.7. The highest BCUT2D eigenvalue weighted by Gasteiger charge is 2.48. The molecule has 0 radical (unpaired) electrons. The summed E-state index contributed by atoms with van der Waals surface area (Å²) in [5, 5.41) is 4.31. The maximum Gasteiger partial charge on any atom is 0.511 e. The van der Waals surface area contributed by atoms with E-state index in [0.29, 0.717) is 24.9 Å². The summed E-state index contributed by atoms with van der Waals surface area (Å²) in [6.45, 7) is 3.01. The fourth-order valence-electron chi connectivity index (χ4n) is 5.42. The lowest BCUT2D eigenvalue weighted by Gasteiger charge is -2.42. The summed E-state index contributed by atoms with van der Waals surface area (Å²) in [5.74, 6) is -3.59. The quantitative estimate of drug-likeness (QED) is 0.324. The zero-order chi connectivity index (χ0) is 27.7. The lowest BCUT2D eigenvalue weighted by Crippen LogP contribution is -2.51. The third kappa shape index (κ3) is 4.96. The number of fused-ring (bicyclic) bond motifs is 2. The van der Waals surface area contributed by atoms with Crippen molar-refractivity contribution in [2.45, 2.75) is 50.8 Å². The van der Waals surface area contributed by atoms with Crippen LogP contribution in [0.4, 0.5) is 13.6 Å². The molecule has 0 aliphatic carbocycles. The zero-order valence-corrected chi connectivity index (χ0v) is 21.4. The van der Waals surface area contributed by atoms with Gasteiger partial charge in [0.2, 0.25) is 18.0 Å². The van der Waals surface area contributed by atoms with Crippen LogP contribution in [0.3, 0.4) is 0 Å². The van der Waals surface area contributed by atoms with Crippen molar-refractivity contribution in [1.29, 1.82) is 0 Å². The Hall–Kier alpha value is -4.28. The molecule has 1 fully saturated rings. The standard InChI is InChI=1S/C28H27F2N3O6/c1-16(2)39-28(36)38-15-37-26-21(34)14-31-33-24(20-12-7-13-32(20)27(35)25(26)33)22(17-8-4-3-5-9-17)18-10-6-11-19(29)23(18)30/h3-6,8-11,14,16,20,22,24H,7,12-13,15H2,1-2H3/t20-,22-,24-/m1/s1. The number of hydrogen-bond acceptors (Lipinski definition) is 7. The monoisotopic (exact) mass is 539 g/mol. The van der Waals surface area contributed by atoms with E-state index in [4.69, 9.17) is 14.2 Å². The highest BCUT2D eigenvalue weighted by molar-refractivity contribution is 5.96. The highest BCUT2D eigenvalue weighted by atomic mass is 19.2. The van der Waals surface area contributed by atoms with Gasteiger partial charge in [0.15, 0.2) is 17.3 Å². The van der Waals surface area contributed by atoms with Gasteiger partial charge in [-0.15, -0.1) is 0 Å². The fraction of sp³-hybridized carbons (Fsp3) is 0.357. The molecule has 2 aromatic carbocycles.